The fourth-order valence-electron chi connectivity index (χ4n) is 2.23. The van der Waals surface area contributed by atoms with Crippen LogP contribution < -0.4 is 10.1 Å². The van der Waals surface area contributed by atoms with Crippen molar-refractivity contribution in [3.63, 3.8) is 0 Å². The summed E-state index contributed by atoms with van der Waals surface area (Å²) in [6.45, 7) is 3.79. The summed E-state index contributed by atoms with van der Waals surface area (Å²) < 4.78 is 9.81. The maximum Gasteiger partial charge on any atom is 0.328 e. The number of benzene rings is 1. The van der Waals surface area contributed by atoms with Crippen LogP contribution >= 0.6 is 11.6 Å². The Morgan fingerprint density at radius 3 is 2.46 bits per heavy atom. The first-order chi connectivity index (χ1) is 11.3. The fourth-order valence-corrected chi connectivity index (χ4v) is 2.51. The summed E-state index contributed by atoms with van der Waals surface area (Å²) in [7, 11) is 2.75. The van der Waals surface area contributed by atoms with Gasteiger partial charge in [0, 0.05) is 6.42 Å². The Morgan fingerprint density at radius 1 is 1.29 bits per heavy atom. The number of amides is 1. The van der Waals surface area contributed by atoms with Gasteiger partial charge < -0.3 is 19.9 Å². The summed E-state index contributed by atoms with van der Waals surface area (Å²) in [6.07, 6.45) is -0.665. The third kappa shape index (κ3) is 6.02. The first kappa shape index (κ1) is 20.3. The van der Waals surface area contributed by atoms with Crippen LogP contribution in [0.5, 0.6) is 5.75 Å². The molecular formula is C17H24ClNO5. The number of rotatable bonds is 8. The van der Waals surface area contributed by atoms with Crippen molar-refractivity contribution in [3.05, 3.63) is 28.8 Å². The molecule has 2 atom stereocenters. The lowest BCUT2D eigenvalue weighted by Gasteiger charge is -2.20. The van der Waals surface area contributed by atoms with Crippen LogP contribution in [-0.2, 0) is 20.7 Å². The minimum Gasteiger partial charge on any atom is -0.495 e. The normalized spacial score (nSPS) is 13.3. The summed E-state index contributed by atoms with van der Waals surface area (Å²) in [4.78, 5) is 24.0. The van der Waals surface area contributed by atoms with Crippen molar-refractivity contribution in [2.75, 3.05) is 14.2 Å². The summed E-state index contributed by atoms with van der Waals surface area (Å²) in [5.74, 6) is -0.514. The molecule has 0 heterocycles. The smallest absolute Gasteiger partial charge is 0.328 e. The van der Waals surface area contributed by atoms with Crippen LogP contribution in [-0.4, -0.2) is 43.3 Å². The summed E-state index contributed by atoms with van der Waals surface area (Å²) >= 11 is 6.07. The number of hydrogen-bond acceptors (Lipinski definition) is 5. The number of halogens is 1. The fraction of sp³-hybridized carbons (Fsp3) is 0.529. The Kier molecular flexibility index (Phi) is 8.01. The van der Waals surface area contributed by atoms with E-state index in [0.29, 0.717) is 17.2 Å². The second kappa shape index (κ2) is 9.49. The highest BCUT2D eigenvalue weighted by molar-refractivity contribution is 6.32. The molecule has 0 aromatic heterocycles. The van der Waals surface area contributed by atoms with Crippen molar-refractivity contribution in [1.82, 2.24) is 5.32 Å². The predicted octanol–water partition coefficient (Wildman–Crippen LogP) is 1.96. The lowest BCUT2D eigenvalue weighted by atomic mass is 10.0. The minimum atomic E-state index is -1.17. The molecule has 0 aliphatic heterocycles. The number of carbonyl (C=O) groups is 2. The van der Waals surface area contributed by atoms with Crippen molar-refractivity contribution >= 4 is 23.5 Å². The van der Waals surface area contributed by atoms with Crippen LogP contribution in [0, 0.1) is 5.92 Å². The van der Waals surface area contributed by atoms with Gasteiger partial charge in [0.2, 0.25) is 5.91 Å². The number of aliphatic hydroxyl groups excluding tert-OH is 1. The van der Waals surface area contributed by atoms with Crippen LogP contribution in [0.1, 0.15) is 25.8 Å². The Bertz CT molecular complexity index is 576. The van der Waals surface area contributed by atoms with E-state index in [4.69, 9.17) is 21.1 Å². The number of aliphatic hydroxyl groups is 1. The molecule has 24 heavy (non-hydrogen) atoms. The Balaban J connectivity index is 2.84. The zero-order valence-electron chi connectivity index (χ0n) is 14.3. The molecule has 0 aliphatic carbocycles. The van der Waals surface area contributed by atoms with Crippen LogP contribution in [0.15, 0.2) is 18.2 Å². The number of carbonyl (C=O) groups excluding carboxylic acids is 2. The van der Waals surface area contributed by atoms with Gasteiger partial charge in [-0.2, -0.15) is 0 Å². The van der Waals surface area contributed by atoms with E-state index in [0.717, 1.165) is 5.56 Å². The molecule has 134 valence electrons. The Hall–Kier alpha value is -1.79. The van der Waals surface area contributed by atoms with Gasteiger partial charge in [0.25, 0.3) is 0 Å². The maximum absolute atomic E-state index is 12.1. The van der Waals surface area contributed by atoms with E-state index in [1.807, 2.05) is 13.8 Å². The van der Waals surface area contributed by atoms with Gasteiger partial charge >= 0.3 is 5.97 Å². The van der Waals surface area contributed by atoms with Gasteiger partial charge in [-0.05, 0) is 30.0 Å². The van der Waals surface area contributed by atoms with E-state index in [-0.39, 0.29) is 12.3 Å². The second-order valence-corrected chi connectivity index (χ2v) is 6.31. The van der Waals surface area contributed by atoms with Crippen molar-refractivity contribution in [1.29, 1.82) is 0 Å². The lowest BCUT2D eigenvalue weighted by Crippen LogP contribution is -2.47. The minimum absolute atomic E-state index is 0.155. The van der Waals surface area contributed by atoms with Crippen LogP contribution in [0.4, 0.5) is 0 Å². The lowest BCUT2D eigenvalue weighted by molar-refractivity contribution is -0.146. The largest absolute Gasteiger partial charge is 0.495 e. The molecule has 1 amide bonds. The summed E-state index contributed by atoms with van der Waals surface area (Å²) in [5, 5.41) is 12.8. The second-order valence-electron chi connectivity index (χ2n) is 5.90. The van der Waals surface area contributed by atoms with Crippen LogP contribution in [0.3, 0.4) is 0 Å². The number of hydrogen-bond donors (Lipinski definition) is 2. The molecule has 1 aromatic carbocycles. The number of ether oxygens (including phenoxy) is 2. The SMILES string of the molecule is COC(=O)[C@H](Cc1ccc(OC)c(Cl)c1)NC(=O)[C@H](O)CC(C)C. The number of esters is 1. The molecule has 7 heteroatoms. The molecule has 1 rings (SSSR count). The van der Waals surface area contributed by atoms with Gasteiger partial charge in [-0.1, -0.05) is 31.5 Å². The van der Waals surface area contributed by atoms with Gasteiger partial charge in [0.05, 0.1) is 19.2 Å². The Labute approximate surface area is 147 Å². The van der Waals surface area contributed by atoms with E-state index in [1.54, 1.807) is 18.2 Å². The van der Waals surface area contributed by atoms with Crippen molar-refractivity contribution < 1.29 is 24.2 Å². The first-order valence-corrected chi connectivity index (χ1v) is 8.05. The van der Waals surface area contributed by atoms with E-state index < -0.39 is 24.0 Å². The van der Waals surface area contributed by atoms with Crippen molar-refractivity contribution in [3.8, 4) is 5.75 Å². The highest BCUT2D eigenvalue weighted by Crippen LogP contribution is 2.25. The van der Waals surface area contributed by atoms with Crippen molar-refractivity contribution in [2.45, 2.75) is 38.8 Å². The molecule has 0 saturated heterocycles. The zero-order chi connectivity index (χ0) is 18.3. The van der Waals surface area contributed by atoms with Gasteiger partial charge in [-0.25, -0.2) is 4.79 Å². The average Bonchev–Trinajstić information content (AvgIpc) is 2.52. The number of methoxy groups -OCH3 is 2. The van der Waals surface area contributed by atoms with E-state index in [9.17, 15) is 14.7 Å². The summed E-state index contributed by atoms with van der Waals surface area (Å²) in [5.41, 5.74) is 0.731. The van der Waals surface area contributed by atoms with E-state index >= 15 is 0 Å². The van der Waals surface area contributed by atoms with Gasteiger partial charge in [-0.3, -0.25) is 4.79 Å². The molecule has 0 fully saturated rings. The molecule has 0 spiro atoms. The maximum atomic E-state index is 12.1. The van der Waals surface area contributed by atoms with Gasteiger partial charge in [-0.15, -0.1) is 0 Å². The average molecular weight is 358 g/mol. The van der Waals surface area contributed by atoms with E-state index in [1.165, 1.54) is 14.2 Å². The monoisotopic (exact) mass is 357 g/mol. The third-order valence-corrected chi connectivity index (χ3v) is 3.75. The molecule has 1 aromatic rings. The first-order valence-electron chi connectivity index (χ1n) is 7.67. The molecule has 0 saturated carbocycles. The molecule has 0 radical (unpaired) electrons. The highest BCUT2D eigenvalue weighted by Gasteiger charge is 2.26. The predicted molar refractivity (Wildman–Crippen MR) is 91.1 cm³/mol. The zero-order valence-corrected chi connectivity index (χ0v) is 15.1. The molecule has 6 nitrogen and oxygen atoms in total. The number of nitrogens with one attached hydrogen (secondary N) is 1. The van der Waals surface area contributed by atoms with Crippen molar-refractivity contribution in [2.24, 2.45) is 5.92 Å². The third-order valence-electron chi connectivity index (χ3n) is 3.46. The quantitative estimate of drug-likeness (QED) is 0.695. The van der Waals surface area contributed by atoms with E-state index in [2.05, 4.69) is 5.32 Å². The van der Waals surface area contributed by atoms with Gasteiger partial charge in [0.1, 0.15) is 17.9 Å². The molecule has 2 N–H and O–H groups in total. The molecular weight excluding hydrogens is 334 g/mol. The molecule has 0 unspecified atom stereocenters. The standard InChI is InChI=1S/C17H24ClNO5/c1-10(2)7-14(20)16(21)19-13(17(22)24-4)9-11-5-6-15(23-3)12(18)8-11/h5-6,8,10,13-14,20H,7,9H2,1-4H3,(H,19,21)/t13-,14+/m0/s1. The Morgan fingerprint density at radius 2 is 1.96 bits per heavy atom. The van der Waals surface area contributed by atoms with Crippen LogP contribution in [0.25, 0.3) is 0 Å². The highest BCUT2D eigenvalue weighted by atomic mass is 35.5. The van der Waals surface area contributed by atoms with Crippen LogP contribution in [0.2, 0.25) is 5.02 Å². The molecule has 0 bridgehead atoms. The topological polar surface area (TPSA) is 84.9 Å². The van der Waals surface area contributed by atoms with Gasteiger partial charge in [0.15, 0.2) is 0 Å². The molecule has 0 aliphatic rings. The summed E-state index contributed by atoms with van der Waals surface area (Å²) in [6, 6.07) is 4.18.